The molecule has 98 valence electrons. The maximum Gasteiger partial charge on any atom is 0.356 e. The van der Waals surface area contributed by atoms with Gasteiger partial charge < -0.3 is 9.84 Å². The molecule has 6 heteroatoms. The summed E-state index contributed by atoms with van der Waals surface area (Å²) in [4.78, 5) is 19.0. The van der Waals surface area contributed by atoms with Gasteiger partial charge in [-0.25, -0.2) is 14.8 Å². The summed E-state index contributed by atoms with van der Waals surface area (Å²) in [6, 6.07) is 7.16. The van der Waals surface area contributed by atoms with E-state index in [2.05, 4.69) is 9.97 Å². The van der Waals surface area contributed by atoms with Crippen LogP contribution in [0.4, 0.5) is 0 Å². The minimum Gasteiger partial charge on any atom is -0.493 e. The lowest BCUT2D eigenvalue weighted by Gasteiger charge is -2.09. The van der Waals surface area contributed by atoms with Gasteiger partial charge in [0, 0.05) is 0 Å². The van der Waals surface area contributed by atoms with E-state index in [0.717, 1.165) is 0 Å². The number of nitrogens with zero attached hydrogens (tertiary/aromatic N) is 2. The van der Waals surface area contributed by atoms with Gasteiger partial charge in [0.15, 0.2) is 11.5 Å². The second-order valence-corrected chi connectivity index (χ2v) is 4.03. The van der Waals surface area contributed by atoms with Crippen LogP contribution in [0.2, 0.25) is 5.02 Å². The van der Waals surface area contributed by atoms with Crippen LogP contribution in [0.3, 0.4) is 0 Å². The van der Waals surface area contributed by atoms with Crippen LogP contribution in [0.25, 0.3) is 11.4 Å². The van der Waals surface area contributed by atoms with Gasteiger partial charge in [-0.2, -0.15) is 0 Å². The van der Waals surface area contributed by atoms with Crippen LogP contribution in [-0.2, 0) is 0 Å². The molecule has 2 rings (SSSR count). The lowest BCUT2D eigenvalue weighted by atomic mass is 10.2. The van der Waals surface area contributed by atoms with Crippen molar-refractivity contribution in [2.45, 2.75) is 6.92 Å². The predicted octanol–water partition coefficient (Wildman–Crippen LogP) is 2.89. The molecule has 19 heavy (non-hydrogen) atoms. The van der Waals surface area contributed by atoms with Crippen molar-refractivity contribution in [1.82, 2.24) is 9.97 Å². The summed E-state index contributed by atoms with van der Waals surface area (Å²) < 4.78 is 5.46. The molecule has 0 atom stereocenters. The van der Waals surface area contributed by atoms with Gasteiger partial charge in [0.05, 0.1) is 23.4 Å². The number of para-hydroxylation sites is 1. The lowest BCUT2D eigenvalue weighted by Crippen LogP contribution is -2.04. The fraction of sp³-hybridized carbons (Fsp3) is 0.154. The molecule has 0 aliphatic heterocycles. The van der Waals surface area contributed by atoms with Crippen molar-refractivity contribution in [3.63, 3.8) is 0 Å². The number of rotatable bonds is 4. The molecule has 1 N–H and O–H groups in total. The van der Waals surface area contributed by atoms with E-state index in [1.165, 1.54) is 6.20 Å². The van der Waals surface area contributed by atoms with E-state index >= 15 is 0 Å². The topological polar surface area (TPSA) is 72.3 Å². The van der Waals surface area contributed by atoms with Crippen molar-refractivity contribution in [3.8, 4) is 17.1 Å². The molecule has 0 unspecified atom stereocenters. The molecule has 0 amide bonds. The minimum absolute atomic E-state index is 0.00476. The van der Waals surface area contributed by atoms with Gasteiger partial charge in [-0.1, -0.05) is 23.7 Å². The smallest absolute Gasteiger partial charge is 0.356 e. The Balaban J connectivity index is 2.53. The number of ether oxygens (including phenoxy) is 1. The quantitative estimate of drug-likeness (QED) is 0.931. The summed E-state index contributed by atoms with van der Waals surface area (Å²) in [5.74, 6) is -0.322. The highest BCUT2D eigenvalue weighted by Crippen LogP contribution is 2.28. The number of aromatic carboxylic acids is 1. The Kier molecular flexibility index (Phi) is 3.97. The molecule has 1 heterocycles. The van der Waals surface area contributed by atoms with Crippen LogP contribution in [0, 0.1) is 0 Å². The fourth-order valence-corrected chi connectivity index (χ4v) is 1.75. The van der Waals surface area contributed by atoms with Crippen molar-refractivity contribution in [2.24, 2.45) is 0 Å². The third-order valence-corrected chi connectivity index (χ3v) is 2.65. The zero-order valence-electron chi connectivity index (χ0n) is 10.1. The maximum atomic E-state index is 11.0. The van der Waals surface area contributed by atoms with Crippen molar-refractivity contribution in [1.29, 1.82) is 0 Å². The second-order valence-electron chi connectivity index (χ2n) is 3.62. The average molecular weight is 279 g/mol. The zero-order chi connectivity index (χ0) is 13.8. The van der Waals surface area contributed by atoms with E-state index in [4.69, 9.17) is 21.4 Å². The van der Waals surface area contributed by atoms with Gasteiger partial charge in [-0.05, 0) is 19.1 Å². The monoisotopic (exact) mass is 278 g/mol. The van der Waals surface area contributed by atoms with Crippen molar-refractivity contribution >= 4 is 17.6 Å². The summed E-state index contributed by atoms with van der Waals surface area (Å²) in [7, 11) is 0. The Bertz CT molecular complexity index is 617. The Labute approximate surface area is 114 Å². The van der Waals surface area contributed by atoms with E-state index in [9.17, 15) is 4.79 Å². The maximum absolute atomic E-state index is 11.0. The lowest BCUT2D eigenvalue weighted by molar-refractivity contribution is 0.0690. The Morgan fingerprint density at radius 3 is 2.84 bits per heavy atom. The number of carbonyl (C=O) groups is 1. The first-order valence-corrected chi connectivity index (χ1v) is 5.99. The van der Waals surface area contributed by atoms with Gasteiger partial charge in [0.25, 0.3) is 0 Å². The van der Waals surface area contributed by atoms with Gasteiger partial charge in [0.2, 0.25) is 0 Å². The predicted molar refractivity (Wildman–Crippen MR) is 70.6 cm³/mol. The number of carboxylic acids is 1. The number of hydrogen-bond acceptors (Lipinski definition) is 4. The van der Waals surface area contributed by atoms with Crippen LogP contribution < -0.4 is 4.74 Å². The first kappa shape index (κ1) is 13.3. The first-order chi connectivity index (χ1) is 9.13. The number of benzene rings is 1. The third kappa shape index (κ3) is 2.82. The van der Waals surface area contributed by atoms with Crippen LogP contribution in [0.1, 0.15) is 17.4 Å². The van der Waals surface area contributed by atoms with Crippen LogP contribution in [0.5, 0.6) is 5.75 Å². The molecule has 0 fully saturated rings. The van der Waals surface area contributed by atoms with E-state index < -0.39 is 5.97 Å². The summed E-state index contributed by atoms with van der Waals surface area (Å²) >= 11 is 5.74. The van der Waals surface area contributed by atoms with Crippen LogP contribution >= 0.6 is 11.6 Å². The van der Waals surface area contributed by atoms with Gasteiger partial charge in [-0.3, -0.25) is 0 Å². The largest absolute Gasteiger partial charge is 0.493 e. The number of halogens is 1. The minimum atomic E-state index is -1.19. The number of hydrogen-bond donors (Lipinski definition) is 1. The fourth-order valence-electron chi connectivity index (χ4n) is 1.58. The Hall–Kier alpha value is -2.14. The van der Waals surface area contributed by atoms with Crippen LogP contribution in [-0.4, -0.2) is 27.7 Å². The molecule has 0 aliphatic carbocycles. The van der Waals surface area contributed by atoms with E-state index in [-0.39, 0.29) is 16.5 Å². The second kappa shape index (κ2) is 5.67. The van der Waals surface area contributed by atoms with E-state index in [1.54, 1.807) is 18.2 Å². The molecular formula is C13H11ClN2O3. The molecular weight excluding hydrogens is 268 g/mol. The van der Waals surface area contributed by atoms with Crippen molar-refractivity contribution in [2.75, 3.05) is 6.61 Å². The molecule has 0 saturated carbocycles. The highest BCUT2D eigenvalue weighted by atomic mass is 35.5. The molecule has 5 nitrogen and oxygen atoms in total. The standard InChI is InChI=1S/C13H11ClN2O3/c1-2-19-10-6-4-3-5-8(10)12-15-7-9(14)11(16-12)13(17)18/h3-7H,2H2,1H3,(H,17,18). The van der Waals surface area contributed by atoms with E-state index in [0.29, 0.717) is 17.9 Å². The average Bonchev–Trinajstić information content (AvgIpc) is 2.40. The molecule has 1 aromatic heterocycles. The molecule has 0 spiro atoms. The third-order valence-electron chi connectivity index (χ3n) is 2.37. The summed E-state index contributed by atoms with van der Waals surface area (Å²) in [5, 5.41) is 9.01. The normalized spacial score (nSPS) is 10.2. The molecule has 1 aromatic carbocycles. The number of carboxylic acid groups (broad SMARTS) is 1. The molecule has 0 saturated heterocycles. The van der Waals surface area contributed by atoms with Crippen molar-refractivity contribution in [3.05, 3.63) is 41.2 Å². The highest BCUT2D eigenvalue weighted by molar-refractivity contribution is 6.33. The van der Waals surface area contributed by atoms with Gasteiger partial charge in [-0.15, -0.1) is 0 Å². The molecule has 0 radical (unpaired) electrons. The number of aromatic nitrogens is 2. The molecule has 0 bridgehead atoms. The SMILES string of the molecule is CCOc1ccccc1-c1ncc(Cl)c(C(=O)O)n1. The Morgan fingerprint density at radius 1 is 1.42 bits per heavy atom. The van der Waals surface area contributed by atoms with Gasteiger partial charge in [0.1, 0.15) is 5.75 Å². The van der Waals surface area contributed by atoms with E-state index in [1.807, 2.05) is 13.0 Å². The van der Waals surface area contributed by atoms with Gasteiger partial charge >= 0.3 is 5.97 Å². The summed E-state index contributed by atoms with van der Waals surface area (Å²) in [6.45, 7) is 2.36. The van der Waals surface area contributed by atoms with Crippen molar-refractivity contribution < 1.29 is 14.6 Å². The molecule has 2 aromatic rings. The summed E-state index contributed by atoms with van der Waals surface area (Å²) in [5.41, 5.74) is 0.404. The van der Waals surface area contributed by atoms with Crippen LogP contribution in [0.15, 0.2) is 30.5 Å². The Morgan fingerprint density at radius 2 is 2.16 bits per heavy atom. The summed E-state index contributed by atoms with van der Waals surface area (Å²) in [6.07, 6.45) is 1.27. The zero-order valence-corrected chi connectivity index (χ0v) is 10.9. The first-order valence-electron chi connectivity index (χ1n) is 5.61. The highest BCUT2D eigenvalue weighted by Gasteiger charge is 2.15. The molecule has 0 aliphatic rings.